The number of aromatic nitrogens is 1. The van der Waals surface area contributed by atoms with Crippen molar-refractivity contribution in [2.75, 3.05) is 18.0 Å². The zero-order valence-electron chi connectivity index (χ0n) is 8.99. The number of hydrogen-bond donors (Lipinski definition) is 1. The first-order chi connectivity index (χ1) is 7.83. The number of carboxylic acid groups (broad SMARTS) is 1. The lowest BCUT2D eigenvalue weighted by Crippen LogP contribution is -2.34. The molecule has 0 aliphatic carbocycles. The molecule has 0 atom stereocenters. The van der Waals surface area contributed by atoms with Gasteiger partial charge in [0, 0.05) is 6.54 Å². The predicted molar refractivity (Wildman–Crippen MR) is 57.6 cm³/mol. The Morgan fingerprint density at radius 2 is 2.24 bits per heavy atom. The molecule has 1 rings (SSSR count). The van der Waals surface area contributed by atoms with E-state index in [1.807, 2.05) is 0 Å². The summed E-state index contributed by atoms with van der Waals surface area (Å²) in [6, 6.07) is 0. The maximum absolute atomic E-state index is 12.3. The summed E-state index contributed by atoms with van der Waals surface area (Å²) in [6.45, 7) is 0.814. The van der Waals surface area contributed by atoms with Crippen molar-refractivity contribution in [1.29, 1.82) is 0 Å². The van der Waals surface area contributed by atoms with Crippen LogP contribution in [-0.4, -0.2) is 35.3 Å². The predicted octanol–water partition coefficient (Wildman–Crippen LogP) is 2.62. The Kier molecular flexibility index (Phi) is 4.33. The normalized spacial score (nSPS) is 11.5. The quantitative estimate of drug-likeness (QED) is 0.891. The van der Waals surface area contributed by atoms with Crippen molar-refractivity contribution < 1.29 is 23.1 Å². The lowest BCUT2D eigenvalue weighted by atomic mass is 10.4. The fourth-order valence-electron chi connectivity index (χ4n) is 1.24. The zero-order chi connectivity index (χ0) is 13.1. The molecule has 0 fully saturated rings. The van der Waals surface area contributed by atoms with Crippen LogP contribution in [0.4, 0.5) is 18.3 Å². The Hall–Kier alpha value is -1.31. The van der Waals surface area contributed by atoms with Crippen molar-refractivity contribution in [2.45, 2.75) is 19.5 Å². The lowest BCUT2D eigenvalue weighted by molar-refractivity contribution is -0.119. The van der Waals surface area contributed by atoms with Gasteiger partial charge in [-0.1, -0.05) is 18.3 Å². The molecule has 17 heavy (non-hydrogen) atoms. The Morgan fingerprint density at radius 3 is 2.65 bits per heavy atom. The molecule has 1 aromatic heterocycles. The molecule has 4 nitrogen and oxygen atoms in total. The number of carbonyl (C=O) groups is 1. The van der Waals surface area contributed by atoms with Crippen molar-refractivity contribution in [2.24, 2.45) is 0 Å². The van der Waals surface area contributed by atoms with Crippen LogP contribution in [0, 0.1) is 0 Å². The van der Waals surface area contributed by atoms with Crippen LogP contribution in [0.15, 0.2) is 6.20 Å². The average molecular weight is 268 g/mol. The Bertz CT molecular complexity index is 392. The monoisotopic (exact) mass is 268 g/mol. The molecular weight excluding hydrogens is 257 g/mol. The molecule has 0 bridgehead atoms. The summed E-state index contributed by atoms with van der Waals surface area (Å²) < 4.78 is 36.9. The minimum absolute atomic E-state index is 0.0664. The van der Waals surface area contributed by atoms with Crippen LogP contribution in [0.25, 0.3) is 0 Å². The van der Waals surface area contributed by atoms with Crippen LogP contribution in [0.5, 0.6) is 0 Å². The molecule has 0 amide bonds. The van der Waals surface area contributed by atoms with E-state index < -0.39 is 18.7 Å². The van der Waals surface area contributed by atoms with E-state index in [2.05, 4.69) is 4.98 Å². The second-order valence-electron chi connectivity index (χ2n) is 3.35. The number of hydrogen-bond acceptors (Lipinski definition) is 4. The number of alkyl halides is 3. The SMILES string of the molecule is CCCN(CC(F)(F)F)c1ncc(C(=O)O)s1. The average Bonchev–Trinajstić information content (AvgIpc) is 2.63. The molecule has 1 heterocycles. The molecule has 0 radical (unpaired) electrons. The Morgan fingerprint density at radius 1 is 1.59 bits per heavy atom. The van der Waals surface area contributed by atoms with Gasteiger partial charge in [-0.15, -0.1) is 0 Å². The van der Waals surface area contributed by atoms with Gasteiger partial charge in [0.15, 0.2) is 5.13 Å². The molecule has 0 saturated heterocycles. The molecule has 0 saturated carbocycles. The molecule has 0 aromatic carbocycles. The van der Waals surface area contributed by atoms with Gasteiger partial charge in [-0.05, 0) is 6.42 Å². The molecule has 96 valence electrons. The van der Waals surface area contributed by atoms with Gasteiger partial charge in [-0.2, -0.15) is 13.2 Å². The van der Waals surface area contributed by atoms with Crippen molar-refractivity contribution in [3.8, 4) is 0 Å². The van der Waals surface area contributed by atoms with Crippen LogP contribution < -0.4 is 4.90 Å². The first-order valence-corrected chi connectivity index (χ1v) is 5.66. The van der Waals surface area contributed by atoms with E-state index in [9.17, 15) is 18.0 Å². The van der Waals surface area contributed by atoms with E-state index >= 15 is 0 Å². The third kappa shape index (κ3) is 4.22. The van der Waals surface area contributed by atoms with Crippen LogP contribution in [0.2, 0.25) is 0 Å². The largest absolute Gasteiger partial charge is 0.477 e. The summed E-state index contributed by atoms with van der Waals surface area (Å²) >= 11 is 0.745. The van der Waals surface area contributed by atoms with Crippen molar-refractivity contribution >= 4 is 22.4 Å². The number of carboxylic acids is 1. The smallest absolute Gasteiger partial charge is 0.406 e. The second-order valence-corrected chi connectivity index (χ2v) is 4.36. The summed E-state index contributed by atoms with van der Waals surface area (Å²) in [5.74, 6) is -1.18. The van der Waals surface area contributed by atoms with E-state index in [0.29, 0.717) is 6.42 Å². The van der Waals surface area contributed by atoms with Crippen molar-refractivity contribution in [3.63, 3.8) is 0 Å². The minimum atomic E-state index is -4.33. The highest BCUT2D eigenvalue weighted by atomic mass is 32.1. The van der Waals surface area contributed by atoms with Crippen LogP contribution >= 0.6 is 11.3 Å². The van der Waals surface area contributed by atoms with Crippen LogP contribution in [0.1, 0.15) is 23.0 Å². The third-order valence-corrected chi connectivity index (χ3v) is 2.88. The van der Waals surface area contributed by atoms with E-state index in [1.54, 1.807) is 6.92 Å². The lowest BCUT2D eigenvalue weighted by Gasteiger charge is -2.22. The summed E-state index contributed by atoms with van der Waals surface area (Å²) in [5, 5.41) is 8.76. The molecule has 0 unspecified atom stereocenters. The van der Waals surface area contributed by atoms with Gasteiger partial charge in [0.05, 0.1) is 6.20 Å². The Balaban J connectivity index is 2.85. The summed E-state index contributed by atoms with van der Waals surface area (Å²) in [6.07, 6.45) is -2.73. The number of aromatic carboxylic acids is 1. The number of halogens is 3. The van der Waals surface area contributed by atoms with Crippen molar-refractivity contribution in [1.82, 2.24) is 4.98 Å². The topological polar surface area (TPSA) is 53.4 Å². The third-order valence-electron chi connectivity index (χ3n) is 1.84. The van der Waals surface area contributed by atoms with Gasteiger partial charge in [-0.25, -0.2) is 9.78 Å². The standard InChI is InChI=1S/C9H11F3N2O2S/c1-2-3-14(5-9(10,11)12)8-13-4-6(17-8)7(15)16/h4H,2-3,5H2,1H3,(H,15,16). The highest BCUT2D eigenvalue weighted by molar-refractivity contribution is 7.17. The maximum Gasteiger partial charge on any atom is 0.406 e. The number of anilines is 1. The highest BCUT2D eigenvalue weighted by Gasteiger charge is 2.31. The van der Waals surface area contributed by atoms with E-state index in [0.717, 1.165) is 22.4 Å². The molecular formula is C9H11F3N2O2S. The number of rotatable bonds is 5. The number of thiazole rings is 1. The summed E-state index contributed by atoms with van der Waals surface area (Å²) in [7, 11) is 0. The fourth-order valence-corrected chi connectivity index (χ4v) is 2.02. The molecule has 8 heteroatoms. The van der Waals surface area contributed by atoms with Crippen LogP contribution in [-0.2, 0) is 0 Å². The second kappa shape index (κ2) is 5.35. The van der Waals surface area contributed by atoms with E-state index in [4.69, 9.17) is 5.11 Å². The van der Waals surface area contributed by atoms with Gasteiger partial charge in [0.25, 0.3) is 0 Å². The first kappa shape index (κ1) is 13.8. The van der Waals surface area contributed by atoms with Gasteiger partial charge >= 0.3 is 12.1 Å². The Labute approximate surface area is 99.7 Å². The van der Waals surface area contributed by atoms with E-state index in [-0.39, 0.29) is 16.6 Å². The van der Waals surface area contributed by atoms with Gasteiger partial charge < -0.3 is 10.0 Å². The van der Waals surface area contributed by atoms with Gasteiger partial charge in [0.1, 0.15) is 11.4 Å². The summed E-state index contributed by atoms with van der Waals surface area (Å²) in [4.78, 5) is 15.3. The van der Waals surface area contributed by atoms with Gasteiger partial charge in [0.2, 0.25) is 0 Å². The highest BCUT2D eigenvalue weighted by Crippen LogP contribution is 2.26. The minimum Gasteiger partial charge on any atom is -0.477 e. The summed E-state index contributed by atoms with van der Waals surface area (Å²) in [5.41, 5.74) is 0. The molecule has 0 spiro atoms. The molecule has 1 aromatic rings. The zero-order valence-corrected chi connectivity index (χ0v) is 9.81. The van der Waals surface area contributed by atoms with Crippen LogP contribution in [0.3, 0.4) is 0 Å². The molecule has 1 N–H and O–H groups in total. The number of nitrogens with zero attached hydrogens (tertiary/aromatic N) is 2. The van der Waals surface area contributed by atoms with Gasteiger partial charge in [-0.3, -0.25) is 0 Å². The van der Waals surface area contributed by atoms with E-state index in [1.165, 1.54) is 0 Å². The molecule has 0 aliphatic heterocycles. The van der Waals surface area contributed by atoms with Crippen molar-refractivity contribution in [3.05, 3.63) is 11.1 Å². The molecule has 0 aliphatic rings. The fraction of sp³-hybridized carbons (Fsp3) is 0.556. The maximum atomic E-state index is 12.3. The first-order valence-electron chi connectivity index (χ1n) is 4.84.